The molecule has 1 fully saturated rings. The standard InChI is InChI=1S/C23H26Cl2N4O2/c1-23(2,3)31-22(30)28-11-10-17(14-28)26-21-27-19-6-4-5-7-20(19)29(21)13-15-12-16(24)8-9-18(15)25/h4-9,12,17H,10-11,13-14H2,1-3H3,(H,26,27)/t17-/m1/s1. The summed E-state index contributed by atoms with van der Waals surface area (Å²) in [6, 6.07) is 13.5. The Kier molecular flexibility index (Phi) is 6.04. The Morgan fingerprint density at radius 2 is 2.00 bits per heavy atom. The number of anilines is 1. The minimum Gasteiger partial charge on any atom is -0.444 e. The van der Waals surface area contributed by atoms with Crippen molar-refractivity contribution in [1.29, 1.82) is 0 Å². The number of para-hydroxylation sites is 2. The lowest BCUT2D eigenvalue weighted by Crippen LogP contribution is -2.36. The first kappa shape index (κ1) is 21.8. The lowest BCUT2D eigenvalue weighted by molar-refractivity contribution is 0.0293. The molecule has 31 heavy (non-hydrogen) atoms. The van der Waals surface area contributed by atoms with Crippen LogP contribution >= 0.6 is 23.2 Å². The Morgan fingerprint density at radius 1 is 1.23 bits per heavy atom. The number of nitrogens with zero attached hydrogens (tertiary/aromatic N) is 3. The van der Waals surface area contributed by atoms with Crippen molar-refractivity contribution in [3.8, 4) is 0 Å². The second-order valence-corrected chi connectivity index (χ2v) is 9.65. The van der Waals surface area contributed by atoms with E-state index < -0.39 is 5.60 Å². The second kappa shape index (κ2) is 8.60. The number of amides is 1. The van der Waals surface area contributed by atoms with E-state index in [-0.39, 0.29) is 12.1 Å². The zero-order valence-corrected chi connectivity index (χ0v) is 19.4. The first-order valence-electron chi connectivity index (χ1n) is 10.3. The third kappa shape index (κ3) is 5.08. The number of hydrogen-bond acceptors (Lipinski definition) is 4. The van der Waals surface area contributed by atoms with Crippen LogP contribution in [-0.2, 0) is 11.3 Å². The summed E-state index contributed by atoms with van der Waals surface area (Å²) in [5, 5.41) is 4.83. The van der Waals surface area contributed by atoms with E-state index >= 15 is 0 Å². The van der Waals surface area contributed by atoms with Gasteiger partial charge in [0, 0.05) is 29.2 Å². The first-order valence-corrected chi connectivity index (χ1v) is 11.1. The number of carbonyl (C=O) groups excluding carboxylic acids is 1. The van der Waals surface area contributed by atoms with Gasteiger partial charge in [0.25, 0.3) is 0 Å². The van der Waals surface area contributed by atoms with Crippen LogP contribution < -0.4 is 5.32 Å². The van der Waals surface area contributed by atoms with Crippen LogP contribution in [0, 0.1) is 0 Å². The summed E-state index contributed by atoms with van der Waals surface area (Å²) in [5.41, 5.74) is 2.31. The van der Waals surface area contributed by atoms with Crippen molar-refractivity contribution in [3.63, 3.8) is 0 Å². The van der Waals surface area contributed by atoms with Gasteiger partial charge in [0.2, 0.25) is 5.95 Å². The average molecular weight is 461 g/mol. The van der Waals surface area contributed by atoms with Crippen molar-refractivity contribution in [1.82, 2.24) is 14.5 Å². The molecular weight excluding hydrogens is 435 g/mol. The number of benzene rings is 2. The van der Waals surface area contributed by atoms with Crippen molar-refractivity contribution < 1.29 is 9.53 Å². The fraction of sp³-hybridized carbons (Fsp3) is 0.391. The van der Waals surface area contributed by atoms with Crippen molar-refractivity contribution in [2.45, 2.75) is 45.4 Å². The maximum absolute atomic E-state index is 12.4. The summed E-state index contributed by atoms with van der Waals surface area (Å²) in [5.74, 6) is 0.744. The van der Waals surface area contributed by atoms with Gasteiger partial charge in [0.1, 0.15) is 5.60 Å². The van der Waals surface area contributed by atoms with E-state index in [2.05, 4.69) is 9.88 Å². The van der Waals surface area contributed by atoms with E-state index in [4.69, 9.17) is 32.9 Å². The van der Waals surface area contributed by atoms with Crippen molar-refractivity contribution >= 4 is 46.3 Å². The van der Waals surface area contributed by atoms with Gasteiger partial charge in [-0.15, -0.1) is 0 Å². The highest BCUT2D eigenvalue weighted by Crippen LogP contribution is 2.27. The zero-order chi connectivity index (χ0) is 22.2. The van der Waals surface area contributed by atoms with Gasteiger partial charge in [-0.3, -0.25) is 0 Å². The SMILES string of the molecule is CC(C)(C)OC(=O)N1CC[C@@H](Nc2nc3ccccc3n2Cc2cc(Cl)ccc2Cl)C1. The molecule has 2 aromatic carbocycles. The highest BCUT2D eigenvalue weighted by Gasteiger charge is 2.30. The van der Waals surface area contributed by atoms with Gasteiger partial charge in [-0.05, 0) is 63.1 Å². The molecule has 1 saturated heterocycles. The summed E-state index contributed by atoms with van der Waals surface area (Å²) in [4.78, 5) is 18.9. The molecule has 3 aromatic rings. The normalized spacial score (nSPS) is 16.7. The van der Waals surface area contributed by atoms with Crippen molar-refractivity contribution in [3.05, 3.63) is 58.1 Å². The Morgan fingerprint density at radius 3 is 2.77 bits per heavy atom. The maximum atomic E-state index is 12.4. The molecule has 1 amide bonds. The molecule has 1 aliphatic rings. The maximum Gasteiger partial charge on any atom is 0.410 e. The second-order valence-electron chi connectivity index (χ2n) is 8.80. The molecule has 1 aliphatic heterocycles. The molecule has 4 rings (SSSR count). The Hall–Kier alpha value is -2.44. The summed E-state index contributed by atoms with van der Waals surface area (Å²) in [7, 11) is 0. The molecule has 0 bridgehead atoms. The number of ether oxygens (including phenoxy) is 1. The molecule has 0 saturated carbocycles. The zero-order valence-electron chi connectivity index (χ0n) is 17.9. The lowest BCUT2D eigenvalue weighted by Gasteiger charge is -2.24. The van der Waals surface area contributed by atoms with Crippen LogP contribution in [0.1, 0.15) is 32.8 Å². The summed E-state index contributed by atoms with van der Waals surface area (Å²) in [6.45, 7) is 7.37. The van der Waals surface area contributed by atoms with E-state index in [0.29, 0.717) is 29.7 Å². The average Bonchev–Trinajstić information content (AvgIpc) is 3.29. The van der Waals surface area contributed by atoms with Crippen LogP contribution in [-0.4, -0.2) is 45.3 Å². The third-order valence-corrected chi connectivity index (χ3v) is 5.77. The molecule has 8 heteroatoms. The summed E-state index contributed by atoms with van der Waals surface area (Å²) in [6.07, 6.45) is 0.538. The lowest BCUT2D eigenvalue weighted by atomic mass is 10.2. The van der Waals surface area contributed by atoms with E-state index in [0.717, 1.165) is 29.0 Å². The number of imidazole rings is 1. The Bertz CT molecular complexity index is 1110. The highest BCUT2D eigenvalue weighted by molar-refractivity contribution is 6.33. The quantitative estimate of drug-likeness (QED) is 0.533. The molecule has 0 radical (unpaired) electrons. The molecule has 2 heterocycles. The van der Waals surface area contributed by atoms with Crippen LogP contribution in [0.3, 0.4) is 0 Å². The molecule has 1 N–H and O–H groups in total. The molecule has 6 nitrogen and oxygen atoms in total. The number of rotatable bonds is 4. The van der Waals surface area contributed by atoms with Gasteiger partial charge in [-0.25, -0.2) is 9.78 Å². The molecule has 164 valence electrons. The van der Waals surface area contributed by atoms with Gasteiger partial charge in [0.15, 0.2) is 0 Å². The molecule has 1 aromatic heterocycles. The van der Waals surface area contributed by atoms with Crippen LogP contribution in [0.25, 0.3) is 11.0 Å². The minimum atomic E-state index is -0.507. The van der Waals surface area contributed by atoms with Crippen LogP contribution in [0.5, 0.6) is 0 Å². The van der Waals surface area contributed by atoms with Crippen molar-refractivity contribution in [2.24, 2.45) is 0 Å². The van der Waals surface area contributed by atoms with Gasteiger partial charge in [0.05, 0.1) is 17.6 Å². The predicted octanol–water partition coefficient (Wildman–Crippen LogP) is 5.81. The Labute approximate surface area is 192 Å². The monoisotopic (exact) mass is 460 g/mol. The van der Waals surface area contributed by atoms with E-state index in [1.54, 1.807) is 17.0 Å². The topological polar surface area (TPSA) is 59.4 Å². The van der Waals surface area contributed by atoms with Gasteiger partial charge >= 0.3 is 6.09 Å². The van der Waals surface area contributed by atoms with Gasteiger partial charge in [-0.1, -0.05) is 35.3 Å². The molecular formula is C23H26Cl2N4O2. The van der Waals surface area contributed by atoms with E-state index in [9.17, 15) is 4.79 Å². The number of fused-ring (bicyclic) bond motifs is 1. The fourth-order valence-corrected chi connectivity index (χ4v) is 4.11. The number of aromatic nitrogens is 2. The first-order chi connectivity index (χ1) is 14.7. The number of hydrogen-bond donors (Lipinski definition) is 1. The number of nitrogens with one attached hydrogen (secondary N) is 1. The van der Waals surface area contributed by atoms with Crippen LogP contribution in [0.2, 0.25) is 10.0 Å². The molecule has 0 aliphatic carbocycles. The fourth-order valence-electron chi connectivity index (χ4n) is 3.73. The Balaban J connectivity index is 1.56. The van der Waals surface area contributed by atoms with E-state index in [1.165, 1.54) is 0 Å². The van der Waals surface area contributed by atoms with Crippen LogP contribution in [0.4, 0.5) is 10.7 Å². The molecule has 0 spiro atoms. The predicted molar refractivity (Wildman–Crippen MR) is 125 cm³/mol. The number of likely N-dealkylation sites (tertiary alicyclic amines) is 1. The highest BCUT2D eigenvalue weighted by atomic mass is 35.5. The van der Waals surface area contributed by atoms with Crippen LogP contribution in [0.15, 0.2) is 42.5 Å². The minimum absolute atomic E-state index is 0.0814. The largest absolute Gasteiger partial charge is 0.444 e. The third-order valence-electron chi connectivity index (χ3n) is 5.16. The molecule has 1 atom stereocenters. The number of carbonyl (C=O) groups is 1. The molecule has 0 unspecified atom stereocenters. The number of halogens is 2. The summed E-state index contributed by atoms with van der Waals surface area (Å²) < 4.78 is 7.61. The van der Waals surface area contributed by atoms with E-state index in [1.807, 2.05) is 51.1 Å². The van der Waals surface area contributed by atoms with Gasteiger partial charge < -0.3 is 19.5 Å². The summed E-state index contributed by atoms with van der Waals surface area (Å²) >= 11 is 12.6. The van der Waals surface area contributed by atoms with Crippen molar-refractivity contribution in [2.75, 3.05) is 18.4 Å². The smallest absolute Gasteiger partial charge is 0.410 e. The van der Waals surface area contributed by atoms with Gasteiger partial charge in [-0.2, -0.15) is 0 Å².